The summed E-state index contributed by atoms with van der Waals surface area (Å²) in [5.74, 6) is -0.715. The lowest BCUT2D eigenvalue weighted by Crippen LogP contribution is -2.32. The Labute approximate surface area is 155 Å². The number of carbonyl (C=O) groups excluding carboxylic acids is 1. The summed E-state index contributed by atoms with van der Waals surface area (Å²) in [4.78, 5) is 31.3. The summed E-state index contributed by atoms with van der Waals surface area (Å²) in [7, 11) is 0. The second-order valence-corrected chi connectivity index (χ2v) is 7.14. The number of nitrogen functional groups attached to an aromatic ring is 1. The summed E-state index contributed by atoms with van der Waals surface area (Å²) in [5.41, 5.74) is 7.38. The van der Waals surface area contributed by atoms with Crippen molar-refractivity contribution in [3.05, 3.63) is 30.1 Å². The lowest BCUT2D eigenvalue weighted by molar-refractivity contribution is -0.137. The fraction of sp³-hybridized carbons (Fsp3) is 0.333. The van der Waals surface area contributed by atoms with E-state index in [2.05, 4.69) is 15.3 Å². The maximum Gasteiger partial charge on any atom is 0.407 e. The molecule has 0 unspecified atom stereocenters. The molecule has 0 atom stereocenters. The Hall–Kier alpha value is -3.36. The molecule has 27 heavy (non-hydrogen) atoms. The highest BCUT2D eigenvalue weighted by Crippen LogP contribution is 2.31. The van der Waals surface area contributed by atoms with Crippen LogP contribution in [0.15, 0.2) is 24.5 Å². The molecular weight excluding hydrogens is 350 g/mol. The summed E-state index contributed by atoms with van der Waals surface area (Å²) in [6.45, 7) is 5.38. The van der Waals surface area contributed by atoms with Crippen LogP contribution in [0.2, 0.25) is 0 Å². The number of alkyl carbamates (subject to hydrolysis) is 1. The van der Waals surface area contributed by atoms with Gasteiger partial charge < -0.3 is 25.5 Å². The van der Waals surface area contributed by atoms with E-state index in [0.717, 1.165) is 10.9 Å². The van der Waals surface area contributed by atoms with Crippen LogP contribution in [0, 0.1) is 0 Å². The number of ether oxygens (including phenoxy) is 1. The van der Waals surface area contributed by atoms with E-state index >= 15 is 0 Å². The highest BCUT2D eigenvalue weighted by Gasteiger charge is 2.18. The van der Waals surface area contributed by atoms with Gasteiger partial charge in [0.15, 0.2) is 0 Å². The summed E-state index contributed by atoms with van der Waals surface area (Å²) in [6.07, 6.45) is 0.790. The minimum Gasteiger partial charge on any atom is -0.480 e. The fourth-order valence-corrected chi connectivity index (χ4v) is 2.88. The normalized spacial score (nSPS) is 11.7. The number of nitrogens with zero attached hydrogens (tertiary/aromatic N) is 3. The number of carboxylic acids is 1. The lowest BCUT2D eigenvalue weighted by atomic mass is 10.1. The number of anilines is 1. The van der Waals surface area contributed by atoms with E-state index in [1.54, 1.807) is 37.5 Å². The Balaban J connectivity index is 1.98. The standard InChI is InChI=1S/C18H21N5O4/c1-18(2,3)27-17(26)20-7-10-4-5-12-11(6-10)14-15(19)21-9-22-16(14)23(12)8-13(24)25/h4-6,9H,7-8H2,1-3H3,(H,20,26)(H,24,25)(H2,19,21,22). The van der Waals surface area contributed by atoms with Gasteiger partial charge in [0, 0.05) is 11.9 Å². The molecule has 0 fully saturated rings. The Morgan fingerprint density at radius 2 is 2.04 bits per heavy atom. The van der Waals surface area contributed by atoms with Crippen molar-refractivity contribution in [2.24, 2.45) is 0 Å². The lowest BCUT2D eigenvalue weighted by Gasteiger charge is -2.19. The van der Waals surface area contributed by atoms with Crippen LogP contribution in [0.3, 0.4) is 0 Å². The smallest absolute Gasteiger partial charge is 0.407 e. The van der Waals surface area contributed by atoms with E-state index in [-0.39, 0.29) is 18.9 Å². The number of amides is 1. The van der Waals surface area contributed by atoms with Crippen LogP contribution < -0.4 is 11.1 Å². The summed E-state index contributed by atoms with van der Waals surface area (Å²) in [5, 5.41) is 13.2. The fourth-order valence-electron chi connectivity index (χ4n) is 2.88. The van der Waals surface area contributed by atoms with Gasteiger partial charge in [-0.25, -0.2) is 14.8 Å². The zero-order valence-corrected chi connectivity index (χ0v) is 15.3. The molecule has 2 heterocycles. The number of hydrogen-bond donors (Lipinski definition) is 3. The van der Waals surface area contributed by atoms with Gasteiger partial charge in [-0.3, -0.25) is 4.79 Å². The maximum atomic E-state index is 11.8. The molecule has 142 valence electrons. The summed E-state index contributed by atoms with van der Waals surface area (Å²) < 4.78 is 6.80. The van der Waals surface area contributed by atoms with Gasteiger partial charge in [-0.1, -0.05) is 6.07 Å². The van der Waals surface area contributed by atoms with E-state index in [1.165, 1.54) is 6.33 Å². The van der Waals surface area contributed by atoms with Crippen LogP contribution in [0.5, 0.6) is 0 Å². The first-order chi connectivity index (χ1) is 12.7. The van der Waals surface area contributed by atoms with E-state index < -0.39 is 17.7 Å². The molecule has 1 aromatic carbocycles. The van der Waals surface area contributed by atoms with Gasteiger partial charge in [0.2, 0.25) is 0 Å². The van der Waals surface area contributed by atoms with Crippen LogP contribution in [0.4, 0.5) is 10.6 Å². The number of carbonyl (C=O) groups is 2. The first kappa shape index (κ1) is 18.4. The molecule has 0 aliphatic heterocycles. The van der Waals surface area contributed by atoms with Crippen molar-refractivity contribution in [1.82, 2.24) is 19.9 Å². The van der Waals surface area contributed by atoms with Gasteiger partial charge >= 0.3 is 12.1 Å². The Morgan fingerprint density at radius 3 is 2.70 bits per heavy atom. The number of rotatable bonds is 4. The third-order valence-corrected chi connectivity index (χ3v) is 3.86. The van der Waals surface area contributed by atoms with Gasteiger partial charge in [0.25, 0.3) is 0 Å². The predicted octanol–water partition coefficient (Wildman–Crippen LogP) is 2.28. The quantitative estimate of drug-likeness (QED) is 0.641. The summed E-state index contributed by atoms with van der Waals surface area (Å²) >= 11 is 0. The SMILES string of the molecule is CC(C)(C)OC(=O)NCc1ccc2c(c1)c1c(N)ncnc1n2CC(=O)O. The van der Waals surface area contributed by atoms with Gasteiger partial charge in [-0.05, 0) is 38.5 Å². The number of hydrogen-bond acceptors (Lipinski definition) is 6. The number of carboxylic acid groups (broad SMARTS) is 1. The van der Waals surface area contributed by atoms with Crippen molar-refractivity contribution >= 4 is 39.8 Å². The molecule has 1 amide bonds. The maximum absolute atomic E-state index is 11.8. The monoisotopic (exact) mass is 371 g/mol. The number of aliphatic carboxylic acids is 1. The number of benzene rings is 1. The molecule has 3 aromatic rings. The molecule has 0 radical (unpaired) electrons. The molecule has 9 heteroatoms. The van der Waals surface area contributed by atoms with Gasteiger partial charge in [0.05, 0.1) is 10.9 Å². The van der Waals surface area contributed by atoms with Crippen LogP contribution in [-0.2, 0) is 22.6 Å². The van der Waals surface area contributed by atoms with Crippen molar-refractivity contribution in [2.45, 2.75) is 39.5 Å². The Kier molecular flexibility index (Phi) is 4.61. The van der Waals surface area contributed by atoms with Crippen LogP contribution in [0.1, 0.15) is 26.3 Å². The highest BCUT2D eigenvalue weighted by atomic mass is 16.6. The molecular formula is C18H21N5O4. The molecule has 0 bridgehead atoms. The molecule has 0 saturated carbocycles. The molecule has 3 rings (SSSR count). The number of nitrogens with two attached hydrogens (primary N) is 1. The topological polar surface area (TPSA) is 132 Å². The second-order valence-electron chi connectivity index (χ2n) is 7.14. The zero-order chi connectivity index (χ0) is 19.8. The minimum atomic E-state index is -0.985. The second kappa shape index (κ2) is 6.75. The average molecular weight is 371 g/mol. The number of fused-ring (bicyclic) bond motifs is 3. The first-order valence-corrected chi connectivity index (χ1v) is 8.35. The van der Waals surface area contributed by atoms with Gasteiger partial charge in [0.1, 0.15) is 29.9 Å². The van der Waals surface area contributed by atoms with E-state index in [9.17, 15) is 14.7 Å². The predicted molar refractivity (Wildman–Crippen MR) is 100 cm³/mol. The molecule has 4 N–H and O–H groups in total. The Morgan fingerprint density at radius 1 is 1.30 bits per heavy atom. The molecule has 9 nitrogen and oxygen atoms in total. The van der Waals surface area contributed by atoms with Crippen molar-refractivity contribution in [3.8, 4) is 0 Å². The average Bonchev–Trinajstić information content (AvgIpc) is 2.86. The molecule has 0 aliphatic carbocycles. The van der Waals surface area contributed by atoms with Crippen molar-refractivity contribution in [2.75, 3.05) is 5.73 Å². The van der Waals surface area contributed by atoms with Crippen LogP contribution >= 0.6 is 0 Å². The van der Waals surface area contributed by atoms with E-state index in [0.29, 0.717) is 16.6 Å². The Bertz CT molecular complexity index is 1040. The van der Waals surface area contributed by atoms with Crippen LogP contribution in [0.25, 0.3) is 21.9 Å². The van der Waals surface area contributed by atoms with Crippen molar-refractivity contribution < 1.29 is 19.4 Å². The third kappa shape index (κ3) is 3.91. The third-order valence-electron chi connectivity index (χ3n) is 3.86. The highest BCUT2D eigenvalue weighted by molar-refractivity contribution is 6.11. The zero-order valence-electron chi connectivity index (χ0n) is 15.3. The largest absolute Gasteiger partial charge is 0.480 e. The molecule has 2 aromatic heterocycles. The summed E-state index contributed by atoms with van der Waals surface area (Å²) in [6, 6.07) is 5.43. The molecule has 0 spiro atoms. The van der Waals surface area contributed by atoms with Crippen LogP contribution in [-0.4, -0.2) is 37.3 Å². The number of aromatic nitrogens is 3. The first-order valence-electron chi connectivity index (χ1n) is 8.35. The van der Waals surface area contributed by atoms with Crippen molar-refractivity contribution in [3.63, 3.8) is 0 Å². The van der Waals surface area contributed by atoms with E-state index in [1.807, 2.05) is 6.07 Å². The van der Waals surface area contributed by atoms with Gasteiger partial charge in [-0.2, -0.15) is 0 Å². The number of nitrogens with one attached hydrogen (secondary N) is 1. The molecule has 0 saturated heterocycles. The van der Waals surface area contributed by atoms with Crippen molar-refractivity contribution in [1.29, 1.82) is 0 Å². The molecule has 0 aliphatic rings. The van der Waals surface area contributed by atoms with Gasteiger partial charge in [-0.15, -0.1) is 0 Å². The minimum absolute atomic E-state index is 0.244. The van der Waals surface area contributed by atoms with E-state index in [4.69, 9.17) is 10.5 Å².